The van der Waals surface area contributed by atoms with Crippen molar-refractivity contribution in [3.8, 4) is 0 Å². The first-order chi connectivity index (χ1) is 9.60. The largest absolute Gasteiger partial charge is 0.462 e. The molecule has 4 nitrogen and oxygen atoms in total. The third-order valence-electron chi connectivity index (χ3n) is 2.66. The van der Waals surface area contributed by atoms with E-state index in [0.29, 0.717) is 23.7 Å². The lowest BCUT2D eigenvalue weighted by Crippen LogP contribution is -2.05. The molecule has 5 heteroatoms. The van der Waals surface area contributed by atoms with Crippen LogP contribution in [0.1, 0.15) is 22.8 Å². The zero-order valence-electron chi connectivity index (χ0n) is 11.3. The number of rotatable bonds is 4. The smallest absolute Gasteiger partial charge is 0.339 e. The predicted octanol–water partition coefficient (Wildman–Crippen LogP) is 3.45. The summed E-state index contributed by atoms with van der Waals surface area (Å²) in [5.74, 6) is -0.310. The number of hydrogen-bond donors (Lipinski definition) is 1. The quantitative estimate of drug-likeness (QED) is 0.868. The number of hydrogen-bond acceptors (Lipinski definition) is 4. The molecule has 0 spiro atoms. The Morgan fingerprint density at radius 1 is 1.35 bits per heavy atom. The SMILES string of the molecule is CCOC(=O)c1ccc(Nc2ccc(C)cc2F)nc1. The van der Waals surface area contributed by atoms with Gasteiger partial charge in [-0.05, 0) is 43.7 Å². The maximum absolute atomic E-state index is 13.7. The minimum Gasteiger partial charge on any atom is -0.462 e. The van der Waals surface area contributed by atoms with Crippen LogP contribution < -0.4 is 5.32 Å². The highest BCUT2D eigenvalue weighted by molar-refractivity contribution is 5.89. The number of carbonyl (C=O) groups is 1. The van der Waals surface area contributed by atoms with Gasteiger partial charge in [-0.15, -0.1) is 0 Å². The maximum atomic E-state index is 13.7. The van der Waals surface area contributed by atoms with Crippen molar-refractivity contribution in [2.24, 2.45) is 0 Å². The molecule has 0 unspecified atom stereocenters. The van der Waals surface area contributed by atoms with Crippen LogP contribution in [0.25, 0.3) is 0 Å². The van der Waals surface area contributed by atoms with E-state index in [1.165, 1.54) is 12.3 Å². The van der Waals surface area contributed by atoms with Gasteiger partial charge in [-0.25, -0.2) is 14.2 Å². The third-order valence-corrected chi connectivity index (χ3v) is 2.66. The molecule has 0 aliphatic carbocycles. The summed E-state index contributed by atoms with van der Waals surface area (Å²) >= 11 is 0. The molecule has 20 heavy (non-hydrogen) atoms. The highest BCUT2D eigenvalue weighted by Crippen LogP contribution is 2.19. The molecular formula is C15H15FN2O2. The van der Waals surface area contributed by atoms with Crippen LogP contribution >= 0.6 is 0 Å². The van der Waals surface area contributed by atoms with Gasteiger partial charge in [-0.2, -0.15) is 0 Å². The Balaban J connectivity index is 2.12. The van der Waals surface area contributed by atoms with Gasteiger partial charge in [0, 0.05) is 6.20 Å². The molecule has 1 aromatic carbocycles. The lowest BCUT2D eigenvalue weighted by molar-refractivity contribution is 0.0526. The number of carbonyl (C=O) groups excluding carboxylic acids is 1. The van der Waals surface area contributed by atoms with Crippen LogP contribution in [0, 0.1) is 12.7 Å². The van der Waals surface area contributed by atoms with Crippen molar-refractivity contribution >= 4 is 17.5 Å². The number of halogens is 1. The summed E-state index contributed by atoms with van der Waals surface area (Å²) in [7, 11) is 0. The molecule has 1 heterocycles. The van der Waals surface area contributed by atoms with Gasteiger partial charge < -0.3 is 10.1 Å². The Labute approximate surface area is 116 Å². The lowest BCUT2D eigenvalue weighted by Gasteiger charge is -2.08. The summed E-state index contributed by atoms with van der Waals surface area (Å²) in [6.07, 6.45) is 1.40. The fraction of sp³-hybridized carbons (Fsp3) is 0.200. The number of ether oxygens (including phenoxy) is 1. The summed E-state index contributed by atoms with van der Waals surface area (Å²) in [6.45, 7) is 3.87. The highest BCUT2D eigenvalue weighted by atomic mass is 19.1. The number of nitrogens with zero attached hydrogens (tertiary/aromatic N) is 1. The lowest BCUT2D eigenvalue weighted by atomic mass is 10.2. The molecular weight excluding hydrogens is 259 g/mol. The molecule has 0 bridgehead atoms. The van der Waals surface area contributed by atoms with Gasteiger partial charge in [0.15, 0.2) is 0 Å². The van der Waals surface area contributed by atoms with Gasteiger partial charge in [-0.3, -0.25) is 0 Å². The number of nitrogens with one attached hydrogen (secondary N) is 1. The maximum Gasteiger partial charge on any atom is 0.339 e. The van der Waals surface area contributed by atoms with Crippen LogP contribution in [0.3, 0.4) is 0 Å². The predicted molar refractivity (Wildman–Crippen MR) is 74.6 cm³/mol. The van der Waals surface area contributed by atoms with Gasteiger partial charge in [0.05, 0.1) is 17.9 Å². The number of benzene rings is 1. The third kappa shape index (κ3) is 3.32. The second-order valence-electron chi connectivity index (χ2n) is 4.26. The average Bonchev–Trinajstić information content (AvgIpc) is 2.43. The van der Waals surface area contributed by atoms with E-state index in [1.807, 2.05) is 6.92 Å². The first kappa shape index (κ1) is 14.0. The zero-order chi connectivity index (χ0) is 14.5. The number of aryl methyl sites for hydroxylation is 1. The number of pyridine rings is 1. The van der Waals surface area contributed by atoms with E-state index >= 15 is 0 Å². The van der Waals surface area contributed by atoms with Crippen molar-refractivity contribution in [1.29, 1.82) is 0 Å². The van der Waals surface area contributed by atoms with E-state index in [2.05, 4.69) is 10.3 Å². The molecule has 0 radical (unpaired) electrons. The second kappa shape index (κ2) is 6.14. The number of anilines is 2. The van der Waals surface area contributed by atoms with Crippen molar-refractivity contribution < 1.29 is 13.9 Å². The minimum absolute atomic E-state index is 0.313. The molecule has 2 rings (SSSR count). The molecule has 0 saturated carbocycles. The first-order valence-electron chi connectivity index (χ1n) is 6.26. The van der Waals surface area contributed by atoms with E-state index in [-0.39, 0.29) is 5.82 Å². The summed E-state index contributed by atoms with van der Waals surface area (Å²) in [4.78, 5) is 15.5. The van der Waals surface area contributed by atoms with Gasteiger partial charge in [0.2, 0.25) is 0 Å². The van der Waals surface area contributed by atoms with Crippen LogP contribution in [-0.4, -0.2) is 17.6 Å². The monoisotopic (exact) mass is 274 g/mol. The van der Waals surface area contributed by atoms with Crippen LogP contribution in [0.5, 0.6) is 0 Å². The summed E-state index contributed by atoms with van der Waals surface area (Å²) in [6, 6.07) is 8.07. The van der Waals surface area contributed by atoms with Crippen LogP contribution in [0.2, 0.25) is 0 Å². The zero-order valence-corrected chi connectivity index (χ0v) is 11.3. The van der Waals surface area contributed by atoms with Crippen molar-refractivity contribution in [3.63, 3.8) is 0 Å². The van der Waals surface area contributed by atoms with Crippen molar-refractivity contribution in [3.05, 3.63) is 53.5 Å². The molecule has 0 amide bonds. The van der Waals surface area contributed by atoms with Crippen LogP contribution in [0.4, 0.5) is 15.9 Å². The molecule has 104 valence electrons. The topological polar surface area (TPSA) is 51.2 Å². The molecule has 2 aromatic rings. The van der Waals surface area contributed by atoms with Gasteiger partial charge in [0.25, 0.3) is 0 Å². The van der Waals surface area contributed by atoms with Crippen molar-refractivity contribution in [2.45, 2.75) is 13.8 Å². The molecule has 0 saturated heterocycles. The summed E-state index contributed by atoms with van der Waals surface area (Å²) in [5, 5.41) is 2.86. The standard InChI is InChI=1S/C15H15FN2O2/c1-3-20-15(19)11-5-7-14(17-9-11)18-13-6-4-10(2)8-12(13)16/h4-9H,3H2,1-2H3,(H,17,18). The molecule has 0 aliphatic rings. The molecule has 0 fully saturated rings. The Morgan fingerprint density at radius 3 is 2.75 bits per heavy atom. The normalized spacial score (nSPS) is 10.2. The first-order valence-corrected chi connectivity index (χ1v) is 6.26. The number of aromatic nitrogens is 1. The summed E-state index contributed by atoms with van der Waals surface area (Å²) < 4.78 is 18.5. The minimum atomic E-state index is -0.423. The van der Waals surface area contributed by atoms with Crippen molar-refractivity contribution in [2.75, 3.05) is 11.9 Å². The number of esters is 1. The van der Waals surface area contributed by atoms with E-state index in [4.69, 9.17) is 4.74 Å². The van der Waals surface area contributed by atoms with E-state index in [1.54, 1.807) is 31.2 Å². The van der Waals surface area contributed by atoms with Gasteiger partial charge >= 0.3 is 5.97 Å². The second-order valence-corrected chi connectivity index (χ2v) is 4.26. The average molecular weight is 274 g/mol. The van der Waals surface area contributed by atoms with Crippen LogP contribution in [0.15, 0.2) is 36.5 Å². The van der Waals surface area contributed by atoms with Gasteiger partial charge in [0.1, 0.15) is 11.6 Å². The Hall–Kier alpha value is -2.43. The Morgan fingerprint density at radius 2 is 2.15 bits per heavy atom. The molecule has 1 aromatic heterocycles. The molecule has 0 atom stereocenters. The van der Waals surface area contributed by atoms with Crippen LogP contribution in [-0.2, 0) is 4.74 Å². The summed E-state index contributed by atoms with van der Waals surface area (Å²) in [5.41, 5.74) is 1.55. The fourth-order valence-electron chi connectivity index (χ4n) is 1.66. The Bertz CT molecular complexity index is 612. The van der Waals surface area contributed by atoms with Gasteiger partial charge in [-0.1, -0.05) is 6.07 Å². The highest BCUT2D eigenvalue weighted by Gasteiger charge is 2.07. The van der Waals surface area contributed by atoms with E-state index < -0.39 is 5.97 Å². The Kier molecular flexibility index (Phi) is 4.30. The molecule has 1 N–H and O–H groups in total. The van der Waals surface area contributed by atoms with E-state index in [0.717, 1.165) is 5.56 Å². The van der Waals surface area contributed by atoms with Crippen molar-refractivity contribution in [1.82, 2.24) is 4.98 Å². The van der Waals surface area contributed by atoms with E-state index in [9.17, 15) is 9.18 Å². The fourth-order valence-corrected chi connectivity index (χ4v) is 1.66. The molecule has 0 aliphatic heterocycles.